The zero-order valence-corrected chi connectivity index (χ0v) is 10.3. The molecule has 17 heavy (non-hydrogen) atoms. The molecule has 7 heteroatoms. The summed E-state index contributed by atoms with van der Waals surface area (Å²) in [5.74, 6) is 0.121. The second-order valence-electron chi connectivity index (χ2n) is 3.89. The standard InChI is InChI=1S/C10H14ClN3O3/c1-6(5-7(2)15)12-10-8(14(16)17)3-4-9(11)13-10/h3-4,6-7,15H,5H2,1-2H3,(H,12,13). The lowest BCUT2D eigenvalue weighted by molar-refractivity contribution is -0.384. The highest BCUT2D eigenvalue weighted by Crippen LogP contribution is 2.24. The monoisotopic (exact) mass is 259 g/mol. The molecule has 0 aliphatic heterocycles. The molecular formula is C10H14ClN3O3. The van der Waals surface area contributed by atoms with Gasteiger partial charge in [-0.15, -0.1) is 0 Å². The Balaban J connectivity index is 2.88. The molecule has 1 heterocycles. The number of hydrogen-bond donors (Lipinski definition) is 2. The first-order valence-corrected chi connectivity index (χ1v) is 5.53. The molecule has 0 aromatic carbocycles. The van der Waals surface area contributed by atoms with Gasteiger partial charge in [-0.05, 0) is 26.3 Å². The van der Waals surface area contributed by atoms with E-state index in [1.165, 1.54) is 12.1 Å². The van der Waals surface area contributed by atoms with Gasteiger partial charge in [0, 0.05) is 12.1 Å². The maximum atomic E-state index is 10.8. The van der Waals surface area contributed by atoms with Gasteiger partial charge in [0.1, 0.15) is 5.15 Å². The van der Waals surface area contributed by atoms with Crippen LogP contribution in [-0.4, -0.2) is 27.2 Å². The van der Waals surface area contributed by atoms with Gasteiger partial charge in [0.2, 0.25) is 5.82 Å². The lowest BCUT2D eigenvalue weighted by Crippen LogP contribution is -2.21. The minimum Gasteiger partial charge on any atom is -0.393 e. The van der Waals surface area contributed by atoms with Crippen molar-refractivity contribution in [1.29, 1.82) is 0 Å². The van der Waals surface area contributed by atoms with Crippen LogP contribution in [0.1, 0.15) is 20.3 Å². The fourth-order valence-corrected chi connectivity index (χ4v) is 1.63. The highest BCUT2D eigenvalue weighted by atomic mass is 35.5. The van der Waals surface area contributed by atoms with E-state index in [1.54, 1.807) is 13.8 Å². The molecule has 1 aromatic heterocycles. The van der Waals surface area contributed by atoms with E-state index in [0.717, 1.165) is 0 Å². The Morgan fingerprint density at radius 2 is 2.24 bits per heavy atom. The maximum Gasteiger partial charge on any atom is 0.311 e. The van der Waals surface area contributed by atoms with Gasteiger partial charge in [0.15, 0.2) is 0 Å². The Kier molecular flexibility index (Phi) is 4.65. The van der Waals surface area contributed by atoms with Crippen LogP contribution in [0.3, 0.4) is 0 Å². The lowest BCUT2D eigenvalue weighted by atomic mass is 10.1. The fraction of sp³-hybridized carbons (Fsp3) is 0.500. The molecule has 2 N–H and O–H groups in total. The summed E-state index contributed by atoms with van der Waals surface area (Å²) in [6, 6.07) is 2.52. The number of halogens is 1. The Morgan fingerprint density at radius 1 is 1.59 bits per heavy atom. The van der Waals surface area contributed by atoms with E-state index in [2.05, 4.69) is 10.3 Å². The summed E-state index contributed by atoms with van der Waals surface area (Å²) in [4.78, 5) is 14.1. The molecule has 0 radical (unpaired) electrons. The number of aromatic nitrogens is 1. The Bertz CT molecular complexity index is 412. The van der Waals surface area contributed by atoms with Crippen LogP contribution in [0.2, 0.25) is 5.15 Å². The largest absolute Gasteiger partial charge is 0.393 e. The number of rotatable bonds is 5. The number of nitro groups is 1. The van der Waals surface area contributed by atoms with Crippen LogP contribution in [0, 0.1) is 10.1 Å². The van der Waals surface area contributed by atoms with Gasteiger partial charge in [-0.2, -0.15) is 0 Å². The van der Waals surface area contributed by atoms with Crippen LogP contribution in [0.25, 0.3) is 0 Å². The minimum atomic E-state index is -0.527. The van der Waals surface area contributed by atoms with E-state index in [0.29, 0.717) is 6.42 Å². The third kappa shape index (κ3) is 4.16. The second kappa shape index (κ2) is 5.79. The van der Waals surface area contributed by atoms with E-state index in [-0.39, 0.29) is 22.7 Å². The summed E-state index contributed by atoms with van der Waals surface area (Å²) >= 11 is 5.69. The first-order valence-electron chi connectivity index (χ1n) is 5.15. The van der Waals surface area contributed by atoms with Crippen molar-refractivity contribution in [3.63, 3.8) is 0 Å². The quantitative estimate of drug-likeness (QED) is 0.481. The predicted molar refractivity (Wildman–Crippen MR) is 65.3 cm³/mol. The summed E-state index contributed by atoms with van der Waals surface area (Å²) in [6.45, 7) is 3.46. The van der Waals surface area contributed by atoms with Crippen molar-refractivity contribution in [2.24, 2.45) is 0 Å². The number of aliphatic hydroxyl groups excluding tert-OH is 1. The first kappa shape index (κ1) is 13.7. The molecule has 2 unspecified atom stereocenters. The smallest absolute Gasteiger partial charge is 0.311 e. The number of hydrogen-bond acceptors (Lipinski definition) is 5. The van der Waals surface area contributed by atoms with Crippen LogP contribution in [0.15, 0.2) is 12.1 Å². The van der Waals surface area contributed by atoms with Gasteiger partial charge in [-0.25, -0.2) is 4.98 Å². The lowest BCUT2D eigenvalue weighted by Gasteiger charge is -2.15. The second-order valence-corrected chi connectivity index (χ2v) is 4.28. The highest BCUT2D eigenvalue weighted by Gasteiger charge is 2.17. The number of anilines is 1. The molecule has 0 aliphatic carbocycles. The molecule has 2 atom stereocenters. The van der Waals surface area contributed by atoms with Crippen molar-refractivity contribution in [3.05, 3.63) is 27.4 Å². The normalized spacial score (nSPS) is 14.1. The van der Waals surface area contributed by atoms with Gasteiger partial charge in [0.05, 0.1) is 11.0 Å². The van der Waals surface area contributed by atoms with Gasteiger partial charge < -0.3 is 10.4 Å². The highest BCUT2D eigenvalue weighted by molar-refractivity contribution is 6.29. The topological polar surface area (TPSA) is 88.3 Å². The predicted octanol–water partition coefficient (Wildman–Crippen LogP) is 2.21. The number of nitrogens with zero attached hydrogens (tertiary/aromatic N) is 2. The first-order chi connectivity index (χ1) is 7.90. The molecule has 0 aliphatic rings. The summed E-state index contributed by atoms with van der Waals surface area (Å²) in [5, 5.41) is 23.0. The molecule has 0 amide bonds. The minimum absolute atomic E-state index is 0.121. The summed E-state index contributed by atoms with van der Waals surface area (Å²) in [7, 11) is 0. The van der Waals surface area contributed by atoms with Gasteiger partial charge in [0.25, 0.3) is 0 Å². The fourth-order valence-electron chi connectivity index (χ4n) is 1.49. The number of pyridine rings is 1. The average Bonchev–Trinajstić information content (AvgIpc) is 2.15. The van der Waals surface area contributed by atoms with Crippen molar-refractivity contribution in [2.75, 3.05) is 5.32 Å². The van der Waals surface area contributed by atoms with Crippen molar-refractivity contribution < 1.29 is 10.0 Å². The summed E-state index contributed by atoms with van der Waals surface area (Å²) in [5.41, 5.74) is -0.133. The molecule has 0 saturated heterocycles. The average molecular weight is 260 g/mol. The van der Waals surface area contributed by atoms with Crippen LogP contribution < -0.4 is 5.32 Å². The van der Waals surface area contributed by atoms with Gasteiger partial charge >= 0.3 is 5.69 Å². The molecule has 0 spiro atoms. The van der Waals surface area contributed by atoms with Crippen molar-refractivity contribution in [2.45, 2.75) is 32.4 Å². The van der Waals surface area contributed by atoms with E-state index in [1.807, 2.05) is 0 Å². The molecule has 0 fully saturated rings. The Labute approximate surface area is 104 Å². The third-order valence-corrected chi connectivity index (χ3v) is 2.32. The van der Waals surface area contributed by atoms with E-state index in [4.69, 9.17) is 11.6 Å². The van der Waals surface area contributed by atoms with Crippen molar-refractivity contribution in [1.82, 2.24) is 4.98 Å². The Hall–Kier alpha value is -1.40. The van der Waals surface area contributed by atoms with Crippen LogP contribution >= 0.6 is 11.6 Å². The van der Waals surface area contributed by atoms with Gasteiger partial charge in [-0.3, -0.25) is 10.1 Å². The Morgan fingerprint density at radius 3 is 2.76 bits per heavy atom. The SMILES string of the molecule is CC(O)CC(C)Nc1nc(Cl)ccc1[N+](=O)[O-]. The third-order valence-electron chi connectivity index (χ3n) is 2.11. The van der Waals surface area contributed by atoms with Crippen molar-refractivity contribution >= 4 is 23.1 Å². The zero-order chi connectivity index (χ0) is 13.0. The molecule has 0 bridgehead atoms. The number of nitrogens with one attached hydrogen (secondary N) is 1. The van der Waals surface area contributed by atoms with Crippen LogP contribution in [-0.2, 0) is 0 Å². The van der Waals surface area contributed by atoms with Crippen LogP contribution in [0.5, 0.6) is 0 Å². The van der Waals surface area contributed by atoms with Crippen molar-refractivity contribution in [3.8, 4) is 0 Å². The molecule has 1 rings (SSSR count). The molecule has 1 aromatic rings. The maximum absolute atomic E-state index is 10.8. The van der Waals surface area contributed by atoms with E-state index < -0.39 is 11.0 Å². The number of aliphatic hydroxyl groups is 1. The zero-order valence-electron chi connectivity index (χ0n) is 9.55. The summed E-state index contributed by atoms with van der Waals surface area (Å²) in [6.07, 6.45) is -0.0264. The van der Waals surface area contributed by atoms with E-state index in [9.17, 15) is 15.2 Å². The van der Waals surface area contributed by atoms with Crippen LogP contribution in [0.4, 0.5) is 11.5 Å². The molecule has 0 saturated carbocycles. The molecule has 6 nitrogen and oxygen atoms in total. The van der Waals surface area contributed by atoms with Gasteiger partial charge in [-0.1, -0.05) is 11.6 Å². The molecular weight excluding hydrogens is 246 g/mol. The summed E-state index contributed by atoms with van der Waals surface area (Å²) < 4.78 is 0. The molecule has 94 valence electrons. The van der Waals surface area contributed by atoms with E-state index >= 15 is 0 Å².